The summed E-state index contributed by atoms with van der Waals surface area (Å²) in [6, 6.07) is 0. The molecule has 0 heterocycles. The molecule has 0 aliphatic heterocycles. The third kappa shape index (κ3) is 9.54. The molecule has 0 amide bonds. The average molecular weight is 224 g/mol. The number of ether oxygens (including phenoxy) is 1. The third-order valence-electron chi connectivity index (χ3n) is 2.19. The van der Waals surface area contributed by atoms with Crippen LogP contribution in [0.25, 0.3) is 0 Å². The van der Waals surface area contributed by atoms with Crippen molar-refractivity contribution in [1.29, 1.82) is 0 Å². The topological polar surface area (TPSA) is 26.3 Å². The van der Waals surface area contributed by atoms with Gasteiger partial charge in [-0.2, -0.15) is 0 Å². The van der Waals surface area contributed by atoms with Crippen molar-refractivity contribution < 1.29 is 9.53 Å². The van der Waals surface area contributed by atoms with E-state index in [4.69, 9.17) is 4.74 Å². The van der Waals surface area contributed by atoms with E-state index < -0.39 is 0 Å². The summed E-state index contributed by atoms with van der Waals surface area (Å²) in [6.07, 6.45) is 8.85. The zero-order valence-corrected chi connectivity index (χ0v) is 11.0. The first kappa shape index (κ1) is 15.0. The highest BCUT2D eigenvalue weighted by Crippen LogP contribution is 2.16. The molecule has 2 heteroatoms. The van der Waals surface area contributed by atoms with Gasteiger partial charge in [0, 0.05) is 12.3 Å². The Labute approximate surface area is 99.4 Å². The molecule has 0 saturated carbocycles. The normalized spacial score (nSPS) is 10.5. The summed E-state index contributed by atoms with van der Waals surface area (Å²) in [4.78, 5) is 10.7. The zero-order valence-electron chi connectivity index (χ0n) is 11.0. The summed E-state index contributed by atoms with van der Waals surface area (Å²) in [5, 5.41) is 0. The lowest BCUT2D eigenvalue weighted by Crippen LogP contribution is -2.18. The fourth-order valence-corrected chi connectivity index (χ4v) is 1.19. The quantitative estimate of drug-likeness (QED) is 0.373. The second-order valence-corrected chi connectivity index (χ2v) is 4.78. The van der Waals surface area contributed by atoms with Crippen LogP contribution in [0, 0.1) is 5.41 Å². The smallest absolute Gasteiger partial charge is 0.302 e. The standard InChI is InChI=1S/C14H24O2/c1-5-6-7-8-9-10-11-14(3,4)12-16-13(2)15/h9,11H,5-8,12H2,1-4H3. The first-order valence-electron chi connectivity index (χ1n) is 6.03. The molecule has 0 saturated heterocycles. The molecular weight excluding hydrogens is 200 g/mol. The zero-order chi connectivity index (χ0) is 12.4. The van der Waals surface area contributed by atoms with E-state index in [0.29, 0.717) is 6.61 Å². The molecule has 2 nitrogen and oxygen atoms in total. The van der Waals surface area contributed by atoms with E-state index in [1.54, 1.807) is 0 Å². The first-order valence-corrected chi connectivity index (χ1v) is 6.03. The lowest BCUT2D eigenvalue weighted by Gasteiger charge is -2.17. The van der Waals surface area contributed by atoms with Crippen LogP contribution in [-0.4, -0.2) is 12.6 Å². The lowest BCUT2D eigenvalue weighted by atomic mass is 9.95. The maximum Gasteiger partial charge on any atom is 0.302 e. The molecule has 0 fully saturated rings. The van der Waals surface area contributed by atoms with Gasteiger partial charge < -0.3 is 4.74 Å². The highest BCUT2D eigenvalue weighted by molar-refractivity contribution is 5.65. The van der Waals surface area contributed by atoms with Gasteiger partial charge in [0.25, 0.3) is 0 Å². The van der Waals surface area contributed by atoms with Crippen molar-refractivity contribution in [3.63, 3.8) is 0 Å². The van der Waals surface area contributed by atoms with E-state index in [2.05, 4.69) is 18.7 Å². The van der Waals surface area contributed by atoms with Crippen molar-refractivity contribution in [2.24, 2.45) is 5.41 Å². The predicted octanol–water partition coefficient (Wildman–Crippen LogP) is 3.87. The minimum atomic E-state index is -0.228. The average Bonchev–Trinajstić information content (AvgIpc) is 2.21. The number of carbonyl (C=O) groups excluding carboxylic acids is 1. The molecular formula is C14H24O2. The largest absolute Gasteiger partial charge is 0.465 e. The molecule has 0 unspecified atom stereocenters. The molecule has 0 bridgehead atoms. The number of carbonyl (C=O) groups is 1. The van der Waals surface area contributed by atoms with Gasteiger partial charge in [-0.25, -0.2) is 0 Å². The van der Waals surface area contributed by atoms with Crippen molar-refractivity contribution in [2.75, 3.05) is 6.61 Å². The Morgan fingerprint density at radius 3 is 2.62 bits per heavy atom. The van der Waals surface area contributed by atoms with Crippen molar-refractivity contribution in [1.82, 2.24) is 0 Å². The molecule has 0 N–H and O–H groups in total. The number of hydrogen-bond acceptors (Lipinski definition) is 2. The van der Waals surface area contributed by atoms with Gasteiger partial charge in [0.05, 0.1) is 0 Å². The van der Waals surface area contributed by atoms with Crippen LogP contribution in [0.2, 0.25) is 0 Å². The van der Waals surface area contributed by atoms with Crippen LogP contribution in [-0.2, 0) is 9.53 Å². The molecule has 92 valence electrons. The summed E-state index contributed by atoms with van der Waals surface area (Å²) >= 11 is 0. The Morgan fingerprint density at radius 1 is 1.38 bits per heavy atom. The van der Waals surface area contributed by atoms with Gasteiger partial charge >= 0.3 is 5.97 Å². The predicted molar refractivity (Wildman–Crippen MR) is 67.2 cm³/mol. The van der Waals surface area contributed by atoms with Crippen molar-refractivity contribution >= 4 is 5.97 Å². The van der Waals surface area contributed by atoms with E-state index in [9.17, 15) is 4.79 Å². The van der Waals surface area contributed by atoms with E-state index in [1.165, 1.54) is 26.2 Å². The van der Waals surface area contributed by atoms with Crippen molar-refractivity contribution in [3.05, 3.63) is 17.9 Å². The molecule has 0 aromatic heterocycles. The second-order valence-electron chi connectivity index (χ2n) is 4.78. The number of rotatable bonds is 7. The maximum atomic E-state index is 10.7. The summed E-state index contributed by atoms with van der Waals surface area (Å²) in [5.74, 6) is -0.228. The molecule has 16 heavy (non-hydrogen) atoms. The van der Waals surface area contributed by atoms with Crippen molar-refractivity contribution in [2.45, 2.75) is 53.4 Å². The minimum absolute atomic E-state index is 0.132. The van der Waals surface area contributed by atoms with Crippen LogP contribution in [0.4, 0.5) is 0 Å². The van der Waals surface area contributed by atoms with Gasteiger partial charge in [-0.15, -0.1) is 5.73 Å². The van der Waals surface area contributed by atoms with Crippen LogP contribution < -0.4 is 0 Å². The second kappa shape index (κ2) is 8.18. The molecule has 0 radical (unpaired) electrons. The number of unbranched alkanes of at least 4 members (excludes halogenated alkanes) is 3. The highest BCUT2D eigenvalue weighted by Gasteiger charge is 2.15. The Bertz CT molecular complexity index is 258. The van der Waals surface area contributed by atoms with Crippen LogP contribution in [0.15, 0.2) is 17.9 Å². The van der Waals surface area contributed by atoms with Gasteiger partial charge in [-0.05, 0) is 25.0 Å². The maximum absolute atomic E-state index is 10.7. The Hall–Kier alpha value is -1.01. The SMILES string of the molecule is CCCCCC=C=CC(C)(C)COC(C)=O. The molecule has 0 aromatic rings. The highest BCUT2D eigenvalue weighted by atomic mass is 16.5. The third-order valence-corrected chi connectivity index (χ3v) is 2.19. The van der Waals surface area contributed by atoms with E-state index in [0.717, 1.165) is 6.42 Å². The number of esters is 1. The van der Waals surface area contributed by atoms with Gasteiger partial charge in [-0.1, -0.05) is 33.6 Å². The molecule has 0 rings (SSSR count). The molecule has 0 spiro atoms. The van der Waals surface area contributed by atoms with Crippen LogP contribution in [0.3, 0.4) is 0 Å². The molecule has 0 aromatic carbocycles. The summed E-state index contributed by atoms with van der Waals surface area (Å²) < 4.78 is 4.98. The Balaban J connectivity index is 3.93. The van der Waals surface area contributed by atoms with Gasteiger partial charge in [-0.3, -0.25) is 4.79 Å². The summed E-state index contributed by atoms with van der Waals surface area (Å²) in [7, 11) is 0. The van der Waals surface area contributed by atoms with E-state index in [1.807, 2.05) is 19.9 Å². The fourth-order valence-electron chi connectivity index (χ4n) is 1.19. The van der Waals surface area contributed by atoms with Crippen molar-refractivity contribution in [3.8, 4) is 0 Å². The van der Waals surface area contributed by atoms with Crippen LogP contribution in [0.5, 0.6) is 0 Å². The first-order chi connectivity index (χ1) is 7.48. The summed E-state index contributed by atoms with van der Waals surface area (Å²) in [5.41, 5.74) is 3.03. The molecule has 0 aliphatic carbocycles. The van der Waals surface area contributed by atoms with Gasteiger partial charge in [0.1, 0.15) is 6.61 Å². The van der Waals surface area contributed by atoms with E-state index >= 15 is 0 Å². The van der Waals surface area contributed by atoms with Gasteiger partial charge in [0.2, 0.25) is 0 Å². The Morgan fingerprint density at radius 2 is 2.06 bits per heavy atom. The van der Waals surface area contributed by atoms with E-state index in [-0.39, 0.29) is 11.4 Å². The number of hydrogen-bond donors (Lipinski definition) is 0. The minimum Gasteiger partial charge on any atom is -0.465 e. The van der Waals surface area contributed by atoms with Crippen LogP contribution >= 0.6 is 0 Å². The molecule has 0 aliphatic rings. The monoisotopic (exact) mass is 224 g/mol. The lowest BCUT2D eigenvalue weighted by molar-refractivity contribution is -0.143. The summed E-state index contributed by atoms with van der Waals surface area (Å²) in [6.45, 7) is 8.10. The van der Waals surface area contributed by atoms with Gasteiger partial charge in [0.15, 0.2) is 0 Å². The fraction of sp³-hybridized carbons (Fsp3) is 0.714. The molecule has 0 atom stereocenters. The Kier molecular flexibility index (Phi) is 7.66. The van der Waals surface area contributed by atoms with Crippen LogP contribution in [0.1, 0.15) is 53.4 Å².